The first-order chi connectivity index (χ1) is 9.90. The molecule has 0 aliphatic heterocycles. The zero-order chi connectivity index (χ0) is 13.6. The Morgan fingerprint density at radius 2 is 1.55 bits per heavy atom. The van der Waals surface area contributed by atoms with Crippen molar-refractivity contribution in [2.45, 2.75) is 19.3 Å². The number of ether oxygens (including phenoxy) is 2. The number of rotatable bonds is 7. The van der Waals surface area contributed by atoms with E-state index in [2.05, 4.69) is 12.1 Å². The Morgan fingerprint density at radius 3 is 2.25 bits per heavy atom. The van der Waals surface area contributed by atoms with Gasteiger partial charge in [0.05, 0.1) is 6.61 Å². The molecular formula is C18H20O2. The Balaban J connectivity index is 1.46. The Kier molecular flexibility index (Phi) is 4.34. The molecule has 20 heavy (non-hydrogen) atoms. The predicted molar refractivity (Wildman–Crippen MR) is 80.2 cm³/mol. The summed E-state index contributed by atoms with van der Waals surface area (Å²) in [5.74, 6) is 2.59. The molecule has 0 saturated heterocycles. The van der Waals surface area contributed by atoms with Crippen molar-refractivity contribution in [3.05, 3.63) is 60.2 Å². The van der Waals surface area contributed by atoms with Gasteiger partial charge in [-0.1, -0.05) is 30.3 Å². The monoisotopic (exact) mass is 268 g/mol. The highest BCUT2D eigenvalue weighted by molar-refractivity contribution is 5.32. The average molecular weight is 268 g/mol. The van der Waals surface area contributed by atoms with Crippen molar-refractivity contribution in [1.82, 2.24) is 0 Å². The molecule has 0 bridgehead atoms. The van der Waals surface area contributed by atoms with E-state index < -0.39 is 0 Å². The van der Waals surface area contributed by atoms with Crippen molar-refractivity contribution in [1.29, 1.82) is 0 Å². The van der Waals surface area contributed by atoms with Crippen LogP contribution in [0.3, 0.4) is 0 Å². The highest BCUT2D eigenvalue weighted by Gasteiger charge is 2.20. The van der Waals surface area contributed by atoms with Crippen LogP contribution < -0.4 is 4.74 Å². The maximum Gasteiger partial charge on any atom is 0.127 e. The standard InChI is InChI=1S/C18H20O2/c1-2-4-17(5-3-1)20-18-10-8-15(9-11-18)12-13-19-14-16-6-7-16/h1-5,8-11,16H,6-7,12-14H2. The Labute approximate surface area is 120 Å². The van der Waals surface area contributed by atoms with Crippen molar-refractivity contribution in [2.24, 2.45) is 5.92 Å². The van der Waals surface area contributed by atoms with E-state index in [4.69, 9.17) is 9.47 Å². The molecule has 2 nitrogen and oxygen atoms in total. The van der Waals surface area contributed by atoms with Gasteiger partial charge in [-0.3, -0.25) is 0 Å². The van der Waals surface area contributed by atoms with Gasteiger partial charge in [-0.05, 0) is 55.0 Å². The lowest BCUT2D eigenvalue weighted by atomic mass is 10.1. The molecule has 0 N–H and O–H groups in total. The molecule has 3 rings (SSSR count). The Morgan fingerprint density at radius 1 is 0.850 bits per heavy atom. The van der Waals surface area contributed by atoms with E-state index in [0.717, 1.165) is 37.1 Å². The fourth-order valence-electron chi connectivity index (χ4n) is 2.07. The first-order valence-electron chi connectivity index (χ1n) is 7.30. The van der Waals surface area contributed by atoms with Gasteiger partial charge in [-0.25, -0.2) is 0 Å². The topological polar surface area (TPSA) is 18.5 Å². The maximum atomic E-state index is 5.77. The van der Waals surface area contributed by atoms with Crippen LogP contribution in [0.5, 0.6) is 11.5 Å². The highest BCUT2D eigenvalue weighted by atomic mass is 16.5. The molecule has 0 unspecified atom stereocenters. The van der Waals surface area contributed by atoms with Crippen LogP contribution in [0.4, 0.5) is 0 Å². The summed E-state index contributed by atoms with van der Waals surface area (Å²) in [6.07, 6.45) is 3.68. The quantitative estimate of drug-likeness (QED) is 0.691. The summed E-state index contributed by atoms with van der Waals surface area (Å²) in [6, 6.07) is 18.1. The molecule has 0 spiro atoms. The largest absolute Gasteiger partial charge is 0.457 e. The minimum absolute atomic E-state index is 0.815. The minimum Gasteiger partial charge on any atom is -0.457 e. The van der Waals surface area contributed by atoms with E-state index in [9.17, 15) is 0 Å². The fraction of sp³-hybridized carbons (Fsp3) is 0.333. The van der Waals surface area contributed by atoms with Crippen molar-refractivity contribution in [3.63, 3.8) is 0 Å². The van der Waals surface area contributed by atoms with Gasteiger partial charge < -0.3 is 9.47 Å². The van der Waals surface area contributed by atoms with Gasteiger partial charge >= 0.3 is 0 Å². The third-order valence-electron chi connectivity index (χ3n) is 3.49. The van der Waals surface area contributed by atoms with Crippen molar-refractivity contribution in [2.75, 3.05) is 13.2 Å². The number of hydrogen-bond acceptors (Lipinski definition) is 2. The molecule has 0 aromatic heterocycles. The molecular weight excluding hydrogens is 248 g/mol. The second-order valence-corrected chi connectivity index (χ2v) is 5.33. The normalized spacial score (nSPS) is 14.2. The zero-order valence-corrected chi connectivity index (χ0v) is 11.6. The van der Waals surface area contributed by atoms with Gasteiger partial charge in [0.15, 0.2) is 0 Å². The average Bonchev–Trinajstić information content (AvgIpc) is 3.31. The van der Waals surface area contributed by atoms with E-state index >= 15 is 0 Å². The second kappa shape index (κ2) is 6.58. The molecule has 1 aliphatic rings. The summed E-state index contributed by atoms with van der Waals surface area (Å²) >= 11 is 0. The summed E-state index contributed by atoms with van der Waals surface area (Å²) in [7, 11) is 0. The molecule has 0 amide bonds. The van der Waals surface area contributed by atoms with Crippen LogP contribution in [0.2, 0.25) is 0 Å². The van der Waals surface area contributed by atoms with Gasteiger partial charge in [0.1, 0.15) is 11.5 Å². The number of benzene rings is 2. The zero-order valence-electron chi connectivity index (χ0n) is 11.6. The Hall–Kier alpha value is -1.80. The third kappa shape index (κ3) is 4.10. The van der Waals surface area contributed by atoms with Crippen molar-refractivity contribution < 1.29 is 9.47 Å². The maximum absolute atomic E-state index is 5.77. The van der Waals surface area contributed by atoms with Gasteiger partial charge in [0, 0.05) is 6.61 Å². The third-order valence-corrected chi connectivity index (χ3v) is 3.49. The first-order valence-corrected chi connectivity index (χ1v) is 7.30. The number of para-hydroxylation sites is 1. The van der Waals surface area contributed by atoms with Gasteiger partial charge in [-0.2, -0.15) is 0 Å². The summed E-state index contributed by atoms with van der Waals surface area (Å²) < 4.78 is 11.4. The van der Waals surface area contributed by atoms with Gasteiger partial charge in [-0.15, -0.1) is 0 Å². The molecule has 1 aliphatic carbocycles. The lowest BCUT2D eigenvalue weighted by molar-refractivity contribution is 0.127. The molecule has 2 aromatic carbocycles. The van der Waals surface area contributed by atoms with Crippen LogP contribution in [0.1, 0.15) is 18.4 Å². The lowest BCUT2D eigenvalue weighted by Crippen LogP contribution is -2.01. The SMILES string of the molecule is c1ccc(Oc2ccc(CCOCC3CC3)cc2)cc1. The highest BCUT2D eigenvalue weighted by Crippen LogP contribution is 2.28. The van der Waals surface area contributed by atoms with Crippen LogP contribution in [0.25, 0.3) is 0 Å². The van der Waals surface area contributed by atoms with Crippen molar-refractivity contribution in [3.8, 4) is 11.5 Å². The summed E-state index contributed by atoms with van der Waals surface area (Å²) in [6.45, 7) is 1.75. The molecule has 1 fully saturated rings. The van der Waals surface area contributed by atoms with E-state index in [1.54, 1.807) is 0 Å². The molecule has 2 aromatic rings. The fourth-order valence-corrected chi connectivity index (χ4v) is 2.07. The second-order valence-electron chi connectivity index (χ2n) is 5.33. The molecule has 0 atom stereocenters. The summed E-state index contributed by atoms with van der Waals surface area (Å²) in [4.78, 5) is 0. The summed E-state index contributed by atoms with van der Waals surface area (Å²) in [5, 5.41) is 0. The van der Waals surface area contributed by atoms with E-state index in [1.165, 1.54) is 18.4 Å². The van der Waals surface area contributed by atoms with E-state index in [0.29, 0.717) is 0 Å². The Bertz CT molecular complexity index is 515. The summed E-state index contributed by atoms with van der Waals surface area (Å²) in [5.41, 5.74) is 1.29. The van der Waals surface area contributed by atoms with E-state index in [1.807, 2.05) is 42.5 Å². The van der Waals surface area contributed by atoms with Crippen LogP contribution in [-0.2, 0) is 11.2 Å². The van der Waals surface area contributed by atoms with Crippen LogP contribution >= 0.6 is 0 Å². The van der Waals surface area contributed by atoms with Gasteiger partial charge in [0.2, 0.25) is 0 Å². The predicted octanol–water partition coefficient (Wildman–Crippen LogP) is 4.45. The molecule has 0 radical (unpaired) electrons. The smallest absolute Gasteiger partial charge is 0.127 e. The van der Waals surface area contributed by atoms with Crippen LogP contribution in [0.15, 0.2) is 54.6 Å². The lowest BCUT2D eigenvalue weighted by Gasteiger charge is -2.07. The molecule has 104 valence electrons. The molecule has 0 heterocycles. The van der Waals surface area contributed by atoms with Crippen LogP contribution in [-0.4, -0.2) is 13.2 Å². The molecule has 1 saturated carbocycles. The number of hydrogen-bond donors (Lipinski definition) is 0. The molecule has 2 heteroatoms. The van der Waals surface area contributed by atoms with Gasteiger partial charge in [0.25, 0.3) is 0 Å². The minimum atomic E-state index is 0.815. The van der Waals surface area contributed by atoms with Crippen molar-refractivity contribution >= 4 is 0 Å². The first kappa shape index (κ1) is 13.2. The van der Waals surface area contributed by atoms with E-state index in [-0.39, 0.29) is 0 Å². The van der Waals surface area contributed by atoms with Crippen LogP contribution in [0, 0.1) is 5.92 Å².